The molecule has 0 radical (unpaired) electrons. The maximum atomic E-state index is 13.3. The predicted molar refractivity (Wildman–Crippen MR) is 111 cm³/mol. The van der Waals surface area contributed by atoms with E-state index in [1.54, 1.807) is 18.4 Å². The number of hydrogen-bond acceptors (Lipinski definition) is 6. The maximum absolute atomic E-state index is 13.3. The molecule has 3 aromatic rings. The third-order valence-electron chi connectivity index (χ3n) is 4.43. The molecule has 0 saturated heterocycles. The van der Waals surface area contributed by atoms with Crippen LogP contribution in [0.3, 0.4) is 0 Å². The van der Waals surface area contributed by atoms with Crippen molar-refractivity contribution in [2.45, 2.75) is 19.9 Å². The summed E-state index contributed by atoms with van der Waals surface area (Å²) < 4.78 is 7.47. The van der Waals surface area contributed by atoms with E-state index < -0.39 is 12.0 Å². The molecular formula is C21H18N2O3S2. The molecule has 0 fully saturated rings. The molecular weight excluding hydrogens is 392 g/mol. The molecule has 0 spiro atoms. The Labute approximate surface area is 169 Å². The van der Waals surface area contributed by atoms with Crippen molar-refractivity contribution in [3.05, 3.63) is 89.2 Å². The number of carbonyl (C=O) groups is 1. The topological polar surface area (TPSA) is 60.7 Å². The quantitative estimate of drug-likeness (QED) is 0.622. The molecule has 4 rings (SSSR count). The summed E-state index contributed by atoms with van der Waals surface area (Å²) in [4.78, 5) is 32.0. The standard InChI is InChI=1S/C21H18N2O3S2/c1-3-26-20(25)17-13(2)22-21-23(18(17)15-10-7-11-27-15)19(24)16(28-21)12-14-8-5-4-6-9-14/h4-12,18H,3H2,1-2H3. The van der Waals surface area contributed by atoms with E-state index in [1.165, 1.54) is 22.7 Å². The third kappa shape index (κ3) is 3.27. The van der Waals surface area contributed by atoms with Crippen LogP contribution < -0.4 is 14.9 Å². The van der Waals surface area contributed by atoms with Crippen molar-refractivity contribution in [3.8, 4) is 0 Å². The Morgan fingerprint density at radius 1 is 1.25 bits per heavy atom. The Balaban J connectivity index is 1.95. The monoisotopic (exact) mass is 410 g/mol. The average Bonchev–Trinajstić information content (AvgIpc) is 3.31. The summed E-state index contributed by atoms with van der Waals surface area (Å²) in [5.41, 5.74) is 1.80. The van der Waals surface area contributed by atoms with Gasteiger partial charge in [-0.25, -0.2) is 9.79 Å². The van der Waals surface area contributed by atoms with E-state index in [4.69, 9.17) is 4.74 Å². The van der Waals surface area contributed by atoms with E-state index in [1.807, 2.05) is 53.9 Å². The Kier molecular flexibility index (Phi) is 5.11. The van der Waals surface area contributed by atoms with Crippen LogP contribution in [0.1, 0.15) is 30.3 Å². The van der Waals surface area contributed by atoms with Crippen molar-refractivity contribution in [2.24, 2.45) is 4.99 Å². The molecule has 1 unspecified atom stereocenters. The van der Waals surface area contributed by atoms with Crippen molar-refractivity contribution in [1.82, 2.24) is 4.57 Å². The fourth-order valence-corrected chi connectivity index (χ4v) is 5.08. The second kappa shape index (κ2) is 7.69. The highest BCUT2D eigenvalue weighted by Gasteiger charge is 2.33. The predicted octanol–water partition coefficient (Wildman–Crippen LogP) is 2.86. The number of esters is 1. The van der Waals surface area contributed by atoms with E-state index in [9.17, 15) is 9.59 Å². The van der Waals surface area contributed by atoms with Gasteiger partial charge in [0.1, 0.15) is 6.04 Å². The van der Waals surface area contributed by atoms with Crippen LogP contribution in [0.4, 0.5) is 0 Å². The Hall–Kier alpha value is -2.77. The summed E-state index contributed by atoms with van der Waals surface area (Å²) >= 11 is 2.84. The largest absolute Gasteiger partial charge is 0.463 e. The van der Waals surface area contributed by atoms with Crippen LogP contribution in [0.5, 0.6) is 0 Å². The molecule has 28 heavy (non-hydrogen) atoms. The third-order valence-corrected chi connectivity index (χ3v) is 6.33. The molecule has 142 valence electrons. The first-order chi connectivity index (χ1) is 13.6. The van der Waals surface area contributed by atoms with Gasteiger partial charge in [-0.05, 0) is 36.9 Å². The van der Waals surface area contributed by atoms with E-state index in [0.717, 1.165) is 10.4 Å². The second-order valence-electron chi connectivity index (χ2n) is 6.23. The van der Waals surface area contributed by atoms with Crippen molar-refractivity contribution >= 4 is 34.7 Å². The van der Waals surface area contributed by atoms with Crippen LogP contribution in [0.15, 0.2) is 68.9 Å². The van der Waals surface area contributed by atoms with Gasteiger partial charge in [0.15, 0.2) is 4.80 Å². The highest BCUT2D eigenvalue weighted by molar-refractivity contribution is 7.10. The Bertz CT molecular complexity index is 1220. The van der Waals surface area contributed by atoms with E-state index in [-0.39, 0.29) is 12.2 Å². The van der Waals surface area contributed by atoms with Crippen LogP contribution in [0.25, 0.3) is 6.08 Å². The number of rotatable bonds is 4. The van der Waals surface area contributed by atoms with Gasteiger partial charge in [-0.1, -0.05) is 47.7 Å². The van der Waals surface area contributed by atoms with Crippen molar-refractivity contribution in [1.29, 1.82) is 0 Å². The van der Waals surface area contributed by atoms with E-state index in [2.05, 4.69) is 4.99 Å². The first-order valence-electron chi connectivity index (χ1n) is 8.88. The SMILES string of the molecule is CCOC(=O)C1=C(C)N=c2sc(=Cc3ccccc3)c(=O)n2C1c1cccs1. The van der Waals surface area contributed by atoms with E-state index >= 15 is 0 Å². The number of nitrogens with zero attached hydrogens (tertiary/aromatic N) is 2. The summed E-state index contributed by atoms with van der Waals surface area (Å²) in [6.45, 7) is 3.83. The first kappa shape index (κ1) is 18.6. The number of aromatic nitrogens is 1. The van der Waals surface area contributed by atoms with Crippen molar-refractivity contribution in [3.63, 3.8) is 0 Å². The number of allylic oxidation sites excluding steroid dienone is 1. The highest BCUT2D eigenvalue weighted by Crippen LogP contribution is 2.33. The fraction of sp³-hybridized carbons (Fsp3) is 0.190. The lowest BCUT2D eigenvalue weighted by atomic mass is 10.0. The van der Waals surface area contributed by atoms with Gasteiger partial charge in [-0.2, -0.15) is 0 Å². The highest BCUT2D eigenvalue weighted by atomic mass is 32.1. The lowest BCUT2D eigenvalue weighted by molar-refractivity contribution is -0.139. The van der Waals surface area contributed by atoms with Crippen LogP contribution >= 0.6 is 22.7 Å². The molecule has 2 aromatic heterocycles. The average molecular weight is 411 g/mol. The molecule has 1 aromatic carbocycles. The second-order valence-corrected chi connectivity index (χ2v) is 8.22. The number of thiophene rings is 1. The smallest absolute Gasteiger partial charge is 0.338 e. The van der Waals surface area contributed by atoms with Crippen LogP contribution in [0, 0.1) is 0 Å². The molecule has 7 heteroatoms. The van der Waals surface area contributed by atoms with Gasteiger partial charge in [-0.3, -0.25) is 9.36 Å². The molecule has 1 atom stereocenters. The number of ether oxygens (including phenoxy) is 1. The van der Waals surface area contributed by atoms with Gasteiger partial charge in [-0.15, -0.1) is 11.3 Å². The number of hydrogen-bond donors (Lipinski definition) is 0. The fourth-order valence-electron chi connectivity index (χ4n) is 3.21. The molecule has 0 aliphatic carbocycles. The summed E-state index contributed by atoms with van der Waals surface area (Å²) in [5.74, 6) is -0.431. The summed E-state index contributed by atoms with van der Waals surface area (Å²) in [7, 11) is 0. The zero-order valence-electron chi connectivity index (χ0n) is 15.4. The molecule has 5 nitrogen and oxygen atoms in total. The van der Waals surface area contributed by atoms with E-state index in [0.29, 0.717) is 20.6 Å². The molecule has 1 aliphatic rings. The van der Waals surface area contributed by atoms with Gasteiger partial charge >= 0.3 is 5.97 Å². The van der Waals surface area contributed by atoms with Crippen LogP contribution in [-0.2, 0) is 9.53 Å². The summed E-state index contributed by atoms with van der Waals surface area (Å²) in [6.07, 6.45) is 1.86. The molecule has 0 bridgehead atoms. The van der Waals surface area contributed by atoms with Crippen LogP contribution in [0.2, 0.25) is 0 Å². The van der Waals surface area contributed by atoms with Gasteiger partial charge in [0.25, 0.3) is 5.56 Å². The van der Waals surface area contributed by atoms with Gasteiger partial charge in [0.05, 0.1) is 22.4 Å². The van der Waals surface area contributed by atoms with Gasteiger partial charge in [0.2, 0.25) is 0 Å². The lowest BCUT2D eigenvalue weighted by Crippen LogP contribution is -2.39. The van der Waals surface area contributed by atoms with Gasteiger partial charge in [0, 0.05) is 4.88 Å². The summed E-state index contributed by atoms with van der Waals surface area (Å²) in [6, 6.07) is 13.0. The molecule has 3 heterocycles. The number of carbonyl (C=O) groups excluding carboxylic acids is 1. The molecule has 0 saturated carbocycles. The zero-order chi connectivity index (χ0) is 19.7. The minimum atomic E-state index is -0.520. The zero-order valence-corrected chi connectivity index (χ0v) is 17.0. The number of fused-ring (bicyclic) bond motifs is 1. The van der Waals surface area contributed by atoms with Crippen molar-refractivity contribution in [2.75, 3.05) is 6.61 Å². The minimum absolute atomic E-state index is 0.152. The number of thiazole rings is 1. The molecule has 0 N–H and O–H groups in total. The lowest BCUT2D eigenvalue weighted by Gasteiger charge is -2.23. The first-order valence-corrected chi connectivity index (χ1v) is 10.6. The number of benzene rings is 1. The Morgan fingerprint density at radius 2 is 2.04 bits per heavy atom. The molecule has 1 aliphatic heterocycles. The van der Waals surface area contributed by atoms with Gasteiger partial charge < -0.3 is 4.74 Å². The Morgan fingerprint density at radius 3 is 2.71 bits per heavy atom. The van der Waals surface area contributed by atoms with Crippen LogP contribution in [-0.4, -0.2) is 17.1 Å². The molecule has 0 amide bonds. The summed E-state index contributed by atoms with van der Waals surface area (Å²) in [5, 5.41) is 1.94. The van der Waals surface area contributed by atoms with Crippen molar-refractivity contribution < 1.29 is 9.53 Å². The minimum Gasteiger partial charge on any atom is -0.463 e. The normalized spacial score (nSPS) is 16.6. The maximum Gasteiger partial charge on any atom is 0.338 e.